The van der Waals surface area contributed by atoms with E-state index in [1.165, 1.54) is 12.1 Å². The van der Waals surface area contributed by atoms with Gasteiger partial charge < -0.3 is 11.1 Å². The SMILES string of the molecule is CCC(NC(=O)c1ccc(C(N)=O)cc1)c1cccc(Cl)c1. The van der Waals surface area contributed by atoms with Crippen LogP contribution in [0.5, 0.6) is 0 Å². The topological polar surface area (TPSA) is 72.2 Å². The van der Waals surface area contributed by atoms with Crippen molar-refractivity contribution in [3.63, 3.8) is 0 Å². The molecule has 2 amide bonds. The molecule has 1 unspecified atom stereocenters. The Hall–Kier alpha value is -2.33. The lowest BCUT2D eigenvalue weighted by Gasteiger charge is -2.18. The lowest BCUT2D eigenvalue weighted by Crippen LogP contribution is -2.28. The first-order valence-corrected chi connectivity index (χ1v) is 7.35. The first kappa shape index (κ1) is 16.0. The lowest BCUT2D eigenvalue weighted by atomic mass is 10.0. The van der Waals surface area contributed by atoms with Gasteiger partial charge >= 0.3 is 0 Å². The number of hydrogen-bond donors (Lipinski definition) is 2. The second kappa shape index (κ2) is 7.09. The maximum atomic E-state index is 12.3. The number of hydrogen-bond acceptors (Lipinski definition) is 2. The van der Waals surface area contributed by atoms with Crippen LogP contribution in [0.4, 0.5) is 0 Å². The molecule has 3 N–H and O–H groups in total. The van der Waals surface area contributed by atoms with E-state index in [9.17, 15) is 9.59 Å². The average molecular weight is 317 g/mol. The molecule has 0 fully saturated rings. The second-order valence-electron chi connectivity index (χ2n) is 4.93. The molecule has 0 radical (unpaired) electrons. The van der Waals surface area contributed by atoms with E-state index in [1.807, 2.05) is 25.1 Å². The zero-order valence-electron chi connectivity index (χ0n) is 12.2. The van der Waals surface area contributed by atoms with Crippen LogP contribution >= 0.6 is 11.6 Å². The van der Waals surface area contributed by atoms with E-state index in [4.69, 9.17) is 17.3 Å². The van der Waals surface area contributed by atoms with Crippen LogP contribution in [0.1, 0.15) is 45.7 Å². The molecule has 0 saturated carbocycles. The van der Waals surface area contributed by atoms with Gasteiger partial charge in [-0.3, -0.25) is 9.59 Å². The number of primary amides is 1. The molecule has 22 heavy (non-hydrogen) atoms. The zero-order valence-corrected chi connectivity index (χ0v) is 12.9. The molecule has 2 aromatic carbocycles. The van der Waals surface area contributed by atoms with E-state index in [0.29, 0.717) is 16.1 Å². The summed E-state index contributed by atoms with van der Waals surface area (Å²) in [6.45, 7) is 1.99. The molecule has 0 heterocycles. The van der Waals surface area contributed by atoms with Crippen molar-refractivity contribution in [2.75, 3.05) is 0 Å². The maximum absolute atomic E-state index is 12.3. The Balaban J connectivity index is 2.13. The molecule has 4 nitrogen and oxygen atoms in total. The van der Waals surface area contributed by atoms with Crippen LogP contribution in [0.2, 0.25) is 5.02 Å². The van der Waals surface area contributed by atoms with Crippen molar-refractivity contribution in [2.45, 2.75) is 19.4 Å². The van der Waals surface area contributed by atoms with E-state index < -0.39 is 5.91 Å². The standard InChI is InChI=1S/C17H17ClN2O2/c1-2-15(13-4-3-5-14(18)10-13)20-17(22)12-8-6-11(7-9-12)16(19)21/h3-10,15H,2H2,1H3,(H2,19,21)(H,20,22). The lowest BCUT2D eigenvalue weighted by molar-refractivity contribution is 0.0933. The third kappa shape index (κ3) is 3.86. The number of halogens is 1. The fourth-order valence-corrected chi connectivity index (χ4v) is 2.37. The number of nitrogens with two attached hydrogens (primary N) is 1. The van der Waals surface area contributed by atoms with E-state index in [2.05, 4.69) is 5.32 Å². The summed E-state index contributed by atoms with van der Waals surface area (Å²) < 4.78 is 0. The predicted octanol–water partition coefficient (Wildman–Crippen LogP) is 3.32. The molecule has 2 rings (SSSR count). The summed E-state index contributed by atoms with van der Waals surface area (Å²) in [6, 6.07) is 13.5. The van der Waals surface area contributed by atoms with E-state index >= 15 is 0 Å². The number of nitrogens with one attached hydrogen (secondary N) is 1. The van der Waals surface area contributed by atoms with Crippen molar-refractivity contribution < 1.29 is 9.59 Å². The van der Waals surface area contributed by atoms with Gasteiger partial charge in [-0.05, 0) is 48.4 Å². The summed E-state index contributed by atoms with van der Waals surface area (Å²) >= 11 is 5.99. The highest BCUT2D eigenvalue weighted by atomic mass is 35.5. The minimum Gasteiger partial charge on any atom is -0.366 e. The first-order chi connectivity index (χ1) is 10.5. The predicted molar refractivity (Wildman–Crippen MR) is 86.9 cm³/mol. The number of benzene rings is 2. The number of carbonyl (C=O) groups is 2. The monoisotopic (exact) mass is 316 g/mol. The molecule has 0 aromatic heterocycles. The molecule has 0 aliphatic carbocycles. The Labute approximate surface area is 134 Å². The van der Waals surface area contributed by atoms with Gasteiger partial charge in [-0.2, -0.15) is 0 Å². The molecule has 1 atom stereocenters. The first-order valence-electron chi connectivity index (χ1n) is 6.97. The summed E-state index contributed by atoms with van der Waals surface area (Å²) in [7, 11) is 0. The van der Waals surface area contributed by atoms with Gasteiger partial charge in [0.05, 0.1) is 6.04 Å². The quantitative estimate of drug-likeness (QED) is 0.888. The van der Waals surface area contributed by atoms with Crippen LogP contribution in [0.25, 0.3) is 0 Å². The third-order valence-electron chi connectivity index (χ3n) is 3.40. The van der Waals surface area contributed by atoms with E-state index in [1.54, 1.807) is 18.2 Å². The molecule has 114 valence electrons. The van der Waals surface area contributed by atoms with Gasteiger partial charge in [0, 0.05) is 16.1 Å². The Morgan fingerprint density at radius 3 is 2.32 bits per heavy atom. The highest BCUT2D eigenvalue weighted by Crippen LogP contribution is 2.20. The highest BCUT2D eigenvalue weighted by molar-refractivity contribution is 6.30. The minimum atomic E-state index is -0.516. The summed E-state index contributed by atoms with van der Waals surface area (Å²) in [5, 5.41) is 3.60. The van der Waals surface area contributed by atoms with Crippen LogP contribution in [0.3, 0.4) is 0 Å². The van der Waals surface area contributed by atoms with Crippen LogP contribution in [-0.2, 0) is 0 Å². The smallest absolute Gasteiger partial charge is 0.251 e. The van der Waals surface area contributed by atoms with Crippen molar-refractivity contribution in [1.82, 2.24) is 5.32 Å². The number of carbonyl (C=O) groups excluding carboxylic acids is 2. The molecule has 0 aliphatic heterocycles. The molecule has 0 aliphatic rings. The Morgan fingerprint density at radius 1 is 1.14 bits per heavy atom. The number of amides is 2. The van der Waals surface area contributed by atoms with Gasteiger partial charge in [0.1, 0.15) is 0 Å². The van der Waals surface area contributed by atoms with Crippen LogP contribution < -0.4 is 11.1 Å². The molecule has 0 bridgehead atoms. The average Bonchev–Trinajstić information content (AvgIpc) is 2.52. The zero-order chi connectivity index (χ0) is 16.1. The van der Waals surface area contributed by atoms with Crippen LogP contribution in [0.15, 0.2) is 48.5 Å². The van der Waals surface area contributed by atoms with E-state index in [0.717, 1.165) is 12.0 Å². The van der Waals surface area contributed by atoms with Gasteiger partial charge in [-0.25, -0.2) is 0 Å². The summed E-state index contributed by atoms with van der Waals surface area (Å²) in [5.74, 6) is -0.722. The molecule has 2 aromatic rings. The third-order valence-corrected chi connectivity index (χ3v) is 3.63. The molecular weight excluding hydrogens is 300 g/mol. The second-order valence-corrected chi connectivity index (χ2v) is 5.37. The normalized spacial score (nSPS) is 11.7. The van der Waals surface area contributed by atoms with Gasteiger partial charge in [-0.1, -0.05) is 30.7 Å². The fraction of sp³-hybridized carbons (Fsp3) is 0.176. The number of rotatable bonds is 5. The summed E-state index contributed by atoms with van der Waals surface area (Å²) in [6.07, 6.45) is 0.742. The minimum absolute atomic E-state index is 0.123. The van der Waals surface area contributed by atoms with Crippen molar-refractivity contribution in [3.8, 4) is 0 Å². The molecule has 0 saturated heterocycles. The highest BCUT2D eigenvalue weighted by Gasteiger charge is 2.14. The van der Waals surface area contributed by atoms with Crippen molar-refractivity contribution >= 4 is 23.4 Å². The Bertz CT molecular complexity index is 683. The van der Waals surface area contributed by atoms with Crippen molar-refractivity contribution in [3.05, 3.63) is 70.2 Å². The van der Waals surface area contributed by atoms with Gasteiger partial charge in [0.15, 0.2) is 0 Å². The fourth-order valence-electron chi connectivity index (χ4n) is 2.17. The molecule has 0 spiro atoms. The van der Waals surface area contributed by atoms with Gasteiger partial charge in [0.25, 0.3) is 5.91 Å². The van der Waals surface area contributed by atoms with Gasteiger partial charge in [0.2, 0.25) is 5.91 Å². The molecule has 5 heteroatoms. The van der Waals surface area contributed by atoms with Crippen LogP contribution in [0, 0.1) is 0 Å². The van der Waals surface area contributed by atoms with E-state index in [-0.39, 0.29) is 11.9 Å². The maximum Gasteiger partial charge on any atom is 0.251 e. The van der Waals surface area contributed by atoms with Gasteiger partial charge in [-0.15, -0.1) is 0 Å². The summed E-state index contributed by atoms with van der Waals surface area (Å²) in [4.78, 5) is 23.3. The molecular formula is C17H17ClN2O2. The van der Waals surface area contributed by atoms with Crippen molar-refractivity contribution in [2.24, 2.45) is 5.73 Å². The summed E-state index contributed by atoms with van der Waals surface area (Å²) in [5.41, 5.74) is 6.99. The van der Waals surface area contributed by atoms with Crippen molar-refractivity contribution in [1.29, 1.82) is 0 Å². The van der Waals surface area contributed by atoms with Crippen LogP contribution in [-0.4, -0.2) is 11.8 Å². The Kier molecular flexibility index (Phi) is 5.17. The largest absolute Gasteiger partial charge is 0.366 e. The Morgan fingerprint density at radius 2 is 1.77 bits per heavy atom.